The molecule has 0 fully saturated rings. The zero-order valence-corrected chi connectivity index (χ0v) is 15.8. The lowest BCUT2D eigenvalue weighted by molar-refractivity contribution is -0.117. The number of para-hydroxylation sites is 1. The van der Waals surface area contributed by atoms with Crippen LogP contribution in [0, 0.1) is 6.92 Å². The number of nitrogens with one attached hydrogen (secondary N) is 1. The molecule has 5 nitrogen and oxygen atoms in total. The highest BCUT2D eigenvalue weighted by Gasteiger charge is 2.15. The van der Waals surface area contributed by atoms with Crippen molar-refractivity contribution >= 4 is 23.2 Å². The number of carbonyl (C=O) groups is 2. The van der Waals surface area contributed by atoms with Gasteiger partial charge in [0.15, 0.2) is 0 Å². The molecule has 0 spiro atoms. The molecule has 2 aromatic rings. The first-order chi connectivity index (χ1) is 12.5. The predicted molar refractivity (Wildman–Crippen MR) is 105 cm³/mol. The number of aryl methyl sites for hydroxylation is 2. The van der Waals surface area contributed by atoms with Crippen molar-refractivity contribution in [2.24, 2.45) is 0 Å². The van der Waals surface area contributed by atoms with E-state index in [-0.39, 0.29) is 18.2 Å². The second-order valence-electron chi connectivity index (χ2n) is 6.13. The Hall–Kier alpha value is -2.82. The zero-order valence-electron chi connectivity index (χ0n) is 15.8. The molecule has 0 aliphatic rings. The molecule has 0 heterocycles. The van der Waals surface area contributed by atoms with Gasteiger partial charge in [0, 0.05) is 31.3 Å². The second-order valence-corrected chi connectivity index (χ2v) is 6.13. The first-order valence-corrected chi connectivity index (χ1v) is 8.76. The summed E-state index contributed by atoms with van der Waals surface area (Å²) in [6.07, 6.45) is 1.08. The SMILES string of the molecule is CCc1cccc(C)c1NC(=O)CCN(C(C)=O)c1ccc(OC)cc1. The Kier molecular flexibility index (Phi) is 6.78. The molecule has 2 aromatic carbocycles. The van der Waals surface area contributed by atoms with E-state index in [4.69, 9.17) is 4.74 Å². The largest absolute Gasteiger partial charge is 0.497 e. The number of nitrogens with zero attached hydrogens (tertiary/aromatic N) is 1. The van der Waals surface area contributed by atoms with E-state index in [1.807, 2.05) is 37.3 Å². The Morgan fingerprint density at radius 2 is 1.81 bits per heavy atom. The third-order valence-corrected chi connectivity index (χ3v) is 4.33. The van der Waals surface area contributed by atoms with Gasteiger partial charge >= 0.3 is 0 Å². The summed E-state index contributed by atoms with van der Waals surface area (Å²) in [5, 5.41) is 3.00. The number of methoxy groups -OCH3 is 1. The molecule has 0 aliphatic heterocycles. The number of ether oxygens (including phenoxy) is 1. The van der Waals surface area contributed by atoms with Crippen LogP contribution in [0.25, 0.3) is 0 Å². The Morgan fingerprint density at radius 1 is 1.12 bits per heavy atom. The Balaban J connectivity index is 2.05. The average Bonchev–Trinajstić information content (AvgIpc) is 2.63. The topological polar surface area (TPSA) is 58.6 Å². The minimum atomic E-state index is -0.104. The van der Waals surface area contributed by atoms with Crippen molar-refractivity contribution in [3.63, 3.8) is 0 Å². The van der Waals surface area contributed by atoms with E-state index < -0.39 is 0 Å². The maximum Gasteiger partial charge on any atom is 0.226 e. The first-order valence-electron chi connectivity index (χ1n) is 8.76. The van der Waals surface area contributed by atoms with Crippen molar-refractivity contribution in [3.05, 3.63) is 53.6 Å². The summed E-state index contributed by atoms with van der Waals surface area (Å²) in [7, 11) is 1.60. The molecule has 26 heavy (non-hydrogen) atoms. The van der Waals surface area contributed by atoms with Gasteiger partial charge in [-0.1, -0.05) is 25.1 Å². The maximum atomic E-state index is 12.4. The molecule has 0 aromatic heterocycles. The Bertz CT molecular complexity index is 769. The van der Waals surface area contributed by atoms with Gasteiger partial charge in [0.2, 0.25) is 11.8 Å². The molecule has 138 valence electrons. The van der Waals surface area contributed by atoms with Crippen LogP contribution in [0.2, 0.25) is 0 Å². The van der Waals surface area contributed by atoms with Gasteiger partial charge in [0.25, 0.3) is 0 Å². The van der Waals surface area contributed by atoms with E-state index in [1.165, 1.54) is 6.92 Å². The minimum Gasteiger partial charge on any atom is -0.497 e. The first kappa shape index (κ1) is 19.5. The third kappa shape index (κ3) is 4.85. The molecular formula is C21H26N2O3. The summed E-state index contributed by atoms with van der Waals surface area (Å²) in [4.78, 5) is 26.0. The van der Waals surface area contributed by atoms with E-state index in [0.29, 0.717) is 6.54 Å². The summed E-state index contributed by atoms with van der Waals surface area (Å²) in [6.45, 7) is 5.86. The van der Waals surface area contributed by atoms with E-state index in [0.717, 1.165) is 34.7 Å². The van der Waals surface area contributed by atoms with Gasteiger partial charge in [-0.2, -0.15) is 0 Å². The fourth-order valence-electron chi connectivity index (χ4n) is 2.85. The number of carbonyl (C=O) groups excluding carboxylic acids is 2. The highest BCUT2D eigenvalue weighted by Crippen LogP contribution is 2.22. The lowest BCUT2D eigenvalue weighted by atomic mass is 10.1. The van der Waals surface area contributed by atoms with Gasteiger partial charge in [-0.15, -0.1) is 0 Å². The molecule has 0 unspecified atom stereocenters. The second kappa shape index (κ2) is 9.04. The Labute approximate surface area is 155 Å². The van der Waals surface area contributed by atoms with Crippen LogP contribution in [0.1, 0.15) is 31.4 Å². The van der Waals surface area contributed by atoms with Crippen molar-refractivity contribution in [1.29, 1.82) is 0 Å². The van der Waals surface area contributed by atoms with E-state index in [2.05, 4.69) is 12.2 Å². The van der Waals surface area contributed by atoms with Gasteiger partial charge < -0.3 is 15.0 Å². The minimum absolute atomic E-state index is 0.103. The van der Waals surface area contributed by atoms with Crippen molar-refractivity contribution in [3.8, 4) is 5.75 Å². The standard InChI is InChI=1S/C21H26N2O3/c1-5-17-8-6-7-15(2)21(17)22-20(25)13-14-23(16(3)24)18-9-11-19(26-4)12-10-18/h6-12H,5,13-14H2,1-4H3,(H,22,25). The van der Waals surface area contributed by atoms with E-state index in [1.54, 1.807) is 24.1 Å². The quantitative estimate of drug-likeness (QED) is 0.819. The van der Waals surface area contributed by atoms with Gasteiger partial charge in [-0.05, 0) is 48.7 Å². The summed E-state index contributed by atoms with van der Waals surface area (Å²) in [5.41, 5.74) is 3.77. The molecular weight excluding hydrogens is 328 g/mol. The van der Waals surface area contributed by atoms with Crippen LogP contribution in [0.4, 0.5) is 11.4 Å². The van der Waals surface area contributed by atoms with Crippen molar-refractivity contribution < 1.29 is 14.3 Å². The van der Waals surface area contributed by atoms with Gasteiger partial charge in [0.05, 0.1) is 7.11 Å². The monoisotopic (exact) mass is 354 g/mol. The lowest BCUT2D eigenvalue weighted by Crippen LogP contribution is -2.32. The molecule has 5 heteroatoms. The van der Waals surface area contributed by atoms with Crippen LogP contribution in [-0.4, -0.2) is 25.5 Å². The molecule has 0 aliphatic carbocycles. The molecule has 0 bridgehead atoms. The molecule has 1 N–H and O–H groups in total. The van der Waals surface area contributed by atoms with Gasteiger partial charge in [0.1, 0.15) is 5.75 Å². The number of amides is 2. The van der Waals surface area contributed by atoms with Crippen molar-refractivity contribution in [2.45, 2.75) is 33.6 Å². The molecule has 2 amide bonds. The fourth-order valence-corrected chi connectivity index (χ4v) is 2.85. The number of rotatable bonds is 7. The lowest BCUT2D eigenvalue weighted by Gasteiger charge is -2.21. The van der Waals surface area contributed by atoms with Crippen molar-refractivity contribution in [1.82, 2.24) is 0 Å². The molecule has 2 rings (SSSR count). The van der Waals surface area contributed by atoms with Crippen LogP contribution in [-0.2, 0) is 16.0 Å². The summed E-state index contributed by atoms with van der Waals surface area (Å²) in [5.74, 6) is 0.517. The highest BCUT2D eigenvalue weighted by molar-refractivity contribution is 5.95. The Morgan fingerprint density at radius 3 is 2.38 bits per heavy atom. The third-order valence-electron chi connectivity index (χ3n) is 4.33. The smallest absolute Gasteiger partial charge is 0.226 e. The molecule has 0 radical (unpaired) electrons. The summed E-state index contributed by atoms with van der Waals surface area (Å²) >= 11 is 0. The molecule has 0 saturated carbocycles. The van der Waals surface area contributed by atoms with E-state index in [9.17, 15) is 9.59 Å². The van der Waals surface area contributed by atoms with Gasteiger partial charge in [-0.3, -0.25) is 9.59 Å². The normalized spacial score (nSPS) is 10.3. The van der Waals surface area contributed by atoms with Crippen LogP contribution < -0.4 is 15.0 Å². The van der Waals surface area contributed by atoms with Crippen LogP contribution in [0.15, 0.2) is 42.5 Å². The van der Waals surface area contributed by atoms with E-state index >= 15 is 0 Å². The summed E-state index contributed by atoms with van der Waals surface area (Å²) < 4.78 is 5.14. The molecule has 0 saturated heterocycles. The number of benzene rings is 2. The summed E-state index contributed by atoms with van der Waals surface area (Å²) in [6, 6.07) is 13.2. The van der Waals surface area contributed by atoms with Crippen LogP contribution in [0.5, 0.6) is 5.75 Å². The molecule has 0 atom stereocenters. The van der Waals surface area contributed by atoms with Crippen molar-refractivity contribution in [2.75, 3.05) is 23.9 Å². The maximum absolute atomic E-state index is 12.4. The predicted octanol–water partition coefficient (Wildman–Crippen LogP) is 3.95. The van der Waals surface area contributed by atoms with Crippen LogP contribution >= 0.6 is 0 Å². The fraction of sp³-hybridized carbons (Fsp3) is 0.333. The zero-order chi connectivity index (χ0) is 19.1. The number of hydrogen-bond donors (Lipinski definition) is 1. The highest BCUT2D eigenvalue weighted by atomic mass is 16.5. The van der Waals surface area contributed by atoms with Crippen LogP contribution in [0.3, 0.4) is 0 Å². The van der Waals surface area contributed by atoms with Gasteiger partial charge in [-0.25, -0.2) is 0 Å². The number of hydrogen-bond acceptors (Lipinski definition) is 3. The average molecular weight is 354 g/mol. The number of anilines is 2.